The van der Waals surface area contributed by atoms with Crippen LogP contribution in [0.2, 0.25) is 0 Å². The lowest BCUT2D eigenvalue weighted by Crippen LogP contribution is -2.44. The molecule has 2 aliphatic heterocycles. The number of hydrogen-bond donors (Lipinski definition) is 1. The fourth-order valence-electron chi connectivity index (χ4n) is 4.31. The fraction of sp³-hybridized carbons (Fsp3) is 0.379. The lowest BCUT2D eigenvalue weighted by atomic mass is 10.0. The molecule has 0 spiro atoms. The quantitative estimate of drug-likeness (QED) is 0.352. The van der Waals surface area contributed by atoms with Gasteiger partial charge in [-0.2, -0.15) is 0 Å². The summed E-state index contributed by atoms with van der Waals surface area (Å²) in [7, 11) is 1.39. The maximum atomic E-state index is 13.7. The summed E-state index contributed by atoms with van der Waals surface area (Å²) in [4.78, 5) is 28.3. The molecule has 1 N–H and O–H groups in total. The number of aromatic nitrogens is 2. The molecule has 1 aromatic heterocycles. The van der Waals surface area contributed by atoms with Crippen LogP contribution in [0.4, 0.5) is 4.39 Å². The SMILES string of the molecule is COc1cc(CNC(=O)c2cc(C3=NOC(C4COC(COSc5ccc(C)cc5)CO4)C3)nc(C)n2)ccc1F. The zero-order valence-electron chi connectivity index (χ0n) is 23.0. The summed E-state index contributed by atoms with van der Waals surface area (Å²) in [6, 6.07) is 14.1. The number of oxime groups is 1. The number of hydrogen-bond acceptors (Lipinski definition) is 10. The number of nitrogens with zero attached hydrogens (tertiary/aromatic N) is 3. The van der Waals surface area contributed by atoms with E-state index in [1.54, 1.807) is 19.1 Å². The van der Waals surface area contributed by atoms with Crippen LogP contribution in [0.15, 0.2) is 58.6 Å². The van der Waals surface area contributed by atoms with E-state index in [0.717, 1.165) is 4.90 Å². The highest BCUT2D eigenvalue weighted by molar-refractivity contribution is 7.94. The van der Waals surface area contributed by atoms with Crippen molar-refractivity contribution in [3.8, 4) is 5.75 Å². The van der Waals surface area contributed by atoms with E-state index in [-0.39, 0.29) is 36.3 Å². The zero-order valence-corrected chi connectivity index (χ0v) is 23.8. The predicted molar refractivity (Wildman–Crippen MR) is 149 cm³/mol. The Hall–Kier alpha value is -3.58. The minimum absolute atomic E-state index is 0.110. The van der Waals surface area contributed by atoms with Gasteiger partial charge in [-0.05, 0) is 49.7 Å². The smallest absolute Gasteiger partial charge is 0.270 e. The average Bonchev–Trinajstić information content (AvgIpc) is 3.48. The summed E-state index contributed by atoms with van der Waals surface area (Å²) >= 11 is 1.32. The zero-order chi connectivity index (χ0) is 28.8. The predicted octanol–water partition coefficient (Wildman–Crippen LogP) is 4.17. The van der Waals surface area contributed by atoms with Gasteiger partial charge in [0.2, 0.25) is 0 Å². The van der Waals surface area contributed by atoms with Crippen molar-refractivity contribution in [2.45, 2.75) is 50.0 Å². The van der Waals surface area contributed by atoms with Crippen LogP contribution in [-0.2, 0) is 25.0 Å². The molecule has 1 amide bonds. The van der Waals surface area contributed by atoms with E-state index < -0.39 is 11.7 Å². The van der Waals surface area contributed by atoms with Crippen molar-refractivity contribution < 1.29 is 32.4 Å². The van der Waals surface area contributed by atoms with Gasteiger partial charge in [-0.1, -0.05) is 28.9 Å². The number of amides is 1. The first-order valence-corrected chi connectivity index (χ1v) is 13.9. The van der Waals surface area contributed by atoms with Crippen LogP contribution in [-0.4, -0.2) is 66.8 Å². The molecule has 3 aromatic rings. The second-order valence-electron chi connectivity index (χ2n) is 9.73. The minimum Gasteiger partial charge on any atom is -0.494 e. The van der Waals surface area contributed by atoms with Gasteiger partial charge in [0.15, 0.2) is 17.7 Å². The van der Waals surface area contributed by atoms with Gasteiger partial charge in [-0.15, -0.1) is 0 Å². The molecule has 41 heavy (non-hydrogen) atoms. The number of carbonyl (C=O) groups is 1. The number of ether oxygens (including phenoxy) is 3. The van der Waals surface area contributed by atoms with E-state index >= 15 is 0 Å². The Kier molecular flexibility index (Phi) is 9.45. The summed E-state index contributed by atoms with van der Waals surface area (Å²) in [5, 5.41) is 7.01. The normalized spacial score (nSPS) is 20.3. The Balaban J connectivity index is 1.10. The van der Waals surface area contributed by atoms with Crippen LogP contribution < -0.4 is 10.1 Å². The van der Waals surface area contributed by atoms with Crippen molar-refractivity contribution in [2.75, 3.05) is 26.9 Å². The molecular weight excluding hydrogens is 551 g/mol. The van der Waals surface area contributed by atoms with Crippen molar-refractivity contribution in [2.24, 2.45) is 5.16 Å². The van der Waals surface area contributed by atoms with Gasteiger partial charge < -0.3 is 28.5 Å². The van der Waals surface area contributed by atoms with Gasteiger partial charge in [0.05, 0.1) is 32.6 Å². The summed E-state index contributed by atoms with van der Waals surface area (Å²) in [6.45, 7) is 5.06. The van der Waals surface area contributed by atoms with Crippen LogP contribution >= 0.6 is 12.0 Å². The first-order chi connectivity index (χ1) is 19.9. The molecule has 3 unspecified atom stereocenters. The number of nitrogens with one attached hydrogen (secondary N) is 1. The van der Waals surface area contributed by atoms with Gasteiger partial charge in [-0.3, -0.25) is 4.79 Å². The molecule has 12 heteroatoms. The Morgan fingerprint density at radius 1 is 1.07 bits per heavy atom. The van der Waals surface area contributed by atoms with Crippen LogP contribution in [0, 0.1) is 19.7 Å². The highest BCUT2D eigenvalue weighted by atomic mass is 32.2. The molecule has 1 saturated heterocycles. The molecule has 2 aliphatic rings. The summed E-state index contributed by atoms with van der Waals surface area (Å²) in [5.41, 5.74) is 3.18. The van der Waals surface area contributed by atoms with Crippen LogP contribution in [0.3, 0.4) is 0 Å². The second kappa shape index (κ2) is 13.4. The van der Waals surface area contributed by atoms with Crippen molar-refractivity contribution >= 4 is 23.7 Å². The lowest BCUT2D eigenvalue weighted by molar-refractivity contribution is -0.176. The molecule has 2 aromatic carbocycles. The van der Waals surface area contributed by atoms with E-state index in [4.69, 9.17) is 23.2 Å². The maximum absolute atomic E-state index is 13.7. The van der Waals surface area contributed by atoms with Gasteiger partial charge in [0.1, 0.15) is 29.4 Å². The fourth-order valence-corrected chi connectivity index (χ4v) is 4.91. The Morgan fingerprint density at radius 2 is 1.90 bits per heavy atom. The van der Waals surface area contributed by atoms with Crippen LogP contribution in [0.25, 0.3) is 0 Å². The van der Waals surface area contributed by atoms with E-state index in [1.165, 1.54) is 36.8 Å². The molecule has 3 heterocycles. The standard InChI is InChI=1S/C29H31FN4O6S/c1-17-4-7-21(8-5-17)41-39-15-20-14-38-28(16-37-20)27-12-24(34-40-27)23-11-25(33-18(2)32-23)29(35)31-13-19-6-9-22(30)26(10-19)36-3/h4-11,20,27-28H,12-16H2,1-3H3,(H,31,35). The van der Waals surface area contributed by atoms with Gasteiger partial charge in [-0.25, -0.2) is 14.4 Å². The van der Waals surface area contributed by atoms with E-state index in [2.05, 4.69) is 20.4 Å². The minimum atomic E-state index is -0.469. The largest absolute Gasteiger partial charge is 0.494 e. The topological polar surface area (TPSA) is 113 Å². The molecule has 0 aliphatic carbocycles. The van der Waals surface area contributed by atoms with Crippen molar-refractivity contribution in [1.29, 1.82) is 0 Å². The maximum Gasteiger partial charge on any atom is 0.270 e. The number of carbonyl (C=O) groups excluding carboxylic acids is 1. The van der Waals surface area contributed by atoms with Gasteiger partial charge in [0.25, 0.3) is 5.91 Å². The van der Waals surface area contributed by atoms with Crippen LogP contribution in [0.1, 0.15) is 39.6 Å². The summed E-state index contributed by atoms with van der Waals surface area (Å²) < 4.78 is 36.4. The van der Waals surface area contributed by atoms with Gasteiger partial charge >= 0.3 is 0 Å². The first-order valence-electron chi connectivity index (χ1n) is 13.2. The third-order valence-corrected chi connectivity index (χ3v) is 7.28. The number of methoxy groups -OCH3 is 1. The third kappa shape index (κ3) is 7.59. The molecule has 216 valence electrons. The van der Waals surface area contributed by atoms with Gasteiger partial charge in [0, 0.05) is 29.9 Å². The highest BCUT2D eigenvalue weighted by Gasteiger charge is 2.35. The van der Waals surface area contributed by atoms with Crippen molar-refractivity contribution in [3.05, 3.63) is 82.7 Å². The monoisotopic (exact) mass is 582 g/mol. The van der Waals surface area contributed by atoms with Crippen molar-refractivity contribution in [1.82, 2.24) is 15.3 Å². The molecule has 3 atom stereocenters. The molecular formula is C29H31FN4O6S. The molecule has 0 bridgehead atoms. The van der Waals surface area contributed by atoms with E-state index in [0.29, 0.717) is 49.0 Å². The first kappa shape index (κ1) is 28.9. The molecule has 0 saturated carbocycles. The third-order valence-electron chi connectivity index (χ3n) is 6.56. The Morgan fingerprint density at radius 3 is 2.66 bits per heavy atom. The van der Waals surface area contributed by atoms with Crippen molar-refractivity contribution in [3.63, 3.8) is 0 Å². The Bertz CT molecular complexity index is 1400. The number of aryl methyl sites for hydroxylation is 2. The summed E-state index contributed by atoms with van der Waals surface area (Å²) in [6.07, 6.45) is -0.358. The molecule has 10 nitrogen and oxygen atoms in total. The second-order valence-corrected chi connectivity index (χ2v) is 10.6. The molecule has 5 rings (SSSR count). The lowest BCUT2D eigenvalue weighted by Gasteiger charge is -2.31. The number of benzene rings is 2. The molecule has 0 radical (unpaired) electrons. The average molecular weight is 583 g/mol. The van der Waals surface area contributed by atoms with E-state index in [9.17, 15) is 9.18 Å². The highest BCUT2D eigenvalue weighted by Crippen LogP contribution is 2.25. The summed E-state index contributed by atoms with van der Waals surface area (Å²) in [5.74, 6) is -0.331. The number of halogens is 1. The Labute approximate surface area is 241 Å². The van der Waals surface area contributed by atoms with E-state index in [1.807, 2.05) is 31.2 Å². The molecule has 1 fully saturated rings. The number of rotatable bonds is 10. The van der Waals surface area contributed by atoms with Crippen LogP contribution in [0.5, 0.6) is 5.75 Å².